The highest BCUT2D eigenvalue weighted by Crippen LogP contribution is 2.29. The van der Waals surface area contributed by atoms with Gasteiger partial charge in [-0.1, -0.05) is 29.3 Å². The van der Waals surface area contributed by atoms with Crippen molar-refractivity contribution in [1.29, 1.82) is 5.26 Å². The minimum Gasteiger partial charge on any atom is -0.358 e. The van der Waals surface area contributed by atoms with Gasteiger partial charge in [0.25, 0.3) is 5.91 Å². The number of amides is 1. The molecule has 1 saturated heterocycles. The predicted octanol–water partition coefficient (Wildman–Crippen LogP) is 1.83. The number of rotatable bonds is 6. The van der Waals surface area contributed by atoms with Gasteiger partial charge in [0.15, 0.2) is 0 Å². The average molecular weight is 368 g/mol. The maximum absolute atomic E-state index is 12.1. The Morgan fingerprint density at radius 1 is 1.33 bits per heavy atom. The van der Waals surface area contributed by atoms with Gasteiger partial charge in [0, 0.05) is 45.5 Å². The Hall–Kier alpha value is -1.78. The van der Waals surface area contributed by atoms with Gasteiger partial charge in [-0.3, -0.25) is 9.69 Å². The van der Waals surface area contributed by atoms with Crippen LogP contribution in [-0.2, 0) is 4.79 Å². The maximum atomic E-state index is 12.1. The lowest BCUT2D eigenvalue weighted by Gasteiger charge is -2.27. The number of carbonyl (C=O) groups is 1. The molecule has 0 bridgehead atoms. The van der Waals surface area contributed by atoms with Gasteiger partial charge in [-0.15, -0.1) is 0 Å². The molecule has 0 saturated carbocycles. The zero-order chi connectivity index (χ0) is 17.4. The Balaban J connectivity index is 1.87. The van der Waals surface area contributed by atoms with E-state index in [0.717, 1.165) is 32.7 Å². The Labute approximate surface area is 151 Å². The van der Waals surface area contributed by atoms with Gasteiger partial charge < -0.3 is 16.0 Å². The fraction of sp³-hybridized carbons (Fsp3) is 0.375. The molecule has 0 unspecified atom stereocenters. The molecule has 1 aliphatic heterocycles. The Bertz CT molecular complexity index is 630. The number of para-hydroxylation sites is 1. The van der Waals surface area contributed by atoms with Gasteiger partial charge in [-0.25, -0.2) is 0 Å². The normalized spacial score (nSPS) is 15.6. The molecular weight excluding hydrogens is 349 g/mol. The second-order valence-corrected chi connectivity index (χ2v) is 6.07. The number of carbonyl (C=O) groups excluding carboxylic acids is 1. The first-order valence-corrected chi connectivity index (χ1v) is 8.39. The molecule has 1 amide bonds. The van der Waals surface area contributed by atoms with Crippen LogP contribution in [0.1, 0.15) is 0 Å². The Kier molecular flexibility index (Phi) is 7.35. The SMILES string of the molecule is N#C/C(=C/Nc1c(Cl)cccc1Cl)C(=O)NCCN1CCNCC1. The smallest absolute Gasteiger partial charge is 0.263 e. The summed E-state index contributed by atoms with van der Waals surface area (Å²) in [5.41, 5.74) is 0.425. The second kappa shape index (κ2) is 9.50. The van der Waals surface area contributed by atoms with Gasteiger partial charge in [-0.2, -0.15) is 5.26 Å². The summed E-state index contributed by atoms with van der Waals surface area (Å²) in [6, 6.07) is 6.93. The highest BCUT2D eigenvalue weighted by atomic mass is 35.5. The fourth-order valence-corrected chi connectivity index (χ4v) is 2.79. The van der Waals surface area contributed by atoms with Crippen LogP contribution in [0.3, 0.4) is 0 Å². The zero-order valence-electron chi connectivity index (χ0n) is 13.1. The third-order valence-corrected chi connectivity index (χ3v) is 4.24. The van der Waals surface area contributed by atoms with E-state index >= 15 is 0 Å². The van der Waals surface area contributed by atoms with Crippen LogP contribution in [0.15, 0.2) is 30.0 Å². The summed E-state index contributed by atoms with van der Waals surface area (Å²) in [5.74, 6) is -0.427. The molecular formula is C16H19Cl2N5O. The average Bonchev–Trinajstić information content (AvgIpc) is 2.58. The van der Waals surface area contributed by atoms with Crippen LogP contribution in [0.4, 0.5) is 5.69 Å². The largest absolute Gasteiger partial charge is 0.358 e. The maximum Gasteiger partial charge on any atom is 0.263 e. The molecule has 8 heteroatoms. The van der Waals surface area contributed by atoms with Crippen molar-refractivity contribution in [3.63, 3.8) is 0 Å². The molecule has 128 valence electrons. The molecule has 1 heterocycles. The predicted molar refractivity (Wildman–Crippen MR) is 96.1 cm³/mol. The Morgan fingerprint density at radius 3 is 2.62 bits per heavy atom. The quantitative estimate of drug-likeness (QED) is 0.527. The van der Waals surface area contributed by atoms with Crippen molar-refractivity contribution in [2.75, 3.05) is 44.6 Å². The van der Waals surface area contributed by atoms with Gasteiger partial charge >= 0.3 is 0 Å². The first-order valence-electron chi connectivity index (χ1n) is 7.64. The number of hydrogen-bond acceptors (Lipinski definition) is 5. The van der Waals surface area contributed by atoms with Crippen LogP contribution >= 0.6 is 23.2 Å². The van der Waals surface area contributed by atoms with E-state index in [0.29, 0.717) is 22.3 Å². The van der Waals surface area contributed by atoms with Crippen molar-refractivity contribution in [1.82, 2.24) is 15.5 Å². The van der Waals surface area contributed by atoms with Crippen LogP contribution in [0, 0.1) is 11.3 Å². The summed E-state index contributed by atoms with van der Waals surface area (Å²) < 4.78 is 0. The molecule has 0 spiro atoms. The number of nitriles is 1. The molecule has 1 aliphatic rings. The van der Waals surface area contributed by atoms with E-state index in [1.807, 2.05) is 6.07 Å². The topological polar surface area (TPSA) is 80.2 Å². The molecule has 1 aromatic rings. The molecule has 2 rings (SSSR count). The number of halogens is 2. The minimum atomic E-state index is -0.427. The van der Waals surface area contributed by atoms with Crippen molar-refractivity contribution in [3.8, 4) is 6.07 Å². The first kappa shape index (κ1) is 18.6. The molecule has 3 N–H and O–H groups in total. The molecule has 1 fully saturated rings. The molecule has 0 aliphatic carbocycles. The number of nitrogens with one attached hydrogen (secondary N) is 3. The number of nitrogens with zero attached hydrogens (tertiary/aromatic N) is 2. The third-order valence-electron chi connectivity index (χ3n) is 3.61. The second-order valence-electron chi connectivity index (χ2n) is 5.26. The zero-order valence-corrected chi connectivity index (χ0v) is 14.6. The highest BCUT2D eigenvalue weighted by molar-refractivity contribution is 6.39. The molecule has 0 atom stereocenters. The fourth-order valence-electron chi connectivity index (χ4n) is 2.29. The summed E-state index contributed by atoms with van der Waals surface area (Å²) in [6.07, 6.45) is 1.31. The number of piperazine rings is 1. The monoisotopic (exact) mass is 367 g/mol. The van der Waals surface area contributed by atoms with Crippen molar-refractivity contribution >= 4 is 34.8 Å². The van der Waals surface area contributed by atoms with Gasteiger partial charge in [0.05, 0.1) is 15.7 Å². The lowest BCUT2D eigenvalue weighted by atomic mass is 10.2. The summed E-state index contributed by atoms with van der Waals surface area (Å²) in [6.45, 7) is 5.09. The third kappa shape index (κ3) is 5.39. The van der Waals surface area contributed by atoms with Crippen molar-refractivity contribution in [3.05, 3.63) is 40.0 Å². The van der Waals surface area contributed by atoms with E-state index in [9.17, 15) is 4.79 Å². The van der Waals surface area contributed by atoms with E-state index < -0.39 is 5.91 Å². The van der Waals surface area contributed by atoms with Crippen molar-refractivity contribution in [2.24, 2.45) is 0 Å². The lowest BCUT2D eigenvalue weighted by molar-refractivity contribution is -0.117. The molecule has 0 radical (unpaired) electrons. The van der Waals surface area contributed by atoms with E-state index in [2.05, 4.69) is 20.9 Å². The van der Waals surface area contributed by atoms with Crippen LogP contribution in [0.25, 0.3) is 0 Å². The standard InChI is InChI=1S/C16H19Cl2N5O/c17-13-2-1-3-14(18)15(13)22-11-12(10-19)16(24)21-6-9-23-7-4-20-5-8-23/h1-3,11,20,22H,4-9H2,(H,21,24)/b12-11-. The van der Waals surface area contributed by atoms with Crippen LogP contribution < -0.4 is 16.0 Å². The van der Waals surface area contributed by atoms with Gasteiger partial charge in [0.2, 0.25) is 0 Å². The van der Waals surface area contributed by atoms with Crippen molar-refractivity contribution in [2.45, 2.75) is 0 Å². The van der Waals surface area contributed by atoms with Gasteiger partial charge in [-0.05, 0) is 12.1 Å². The number of benzene rings is 1. The van der Waals surface area contributed by atoms with Gasteiger partial charge in [0.1, 0.15) is 11.6 Å². The molecule has 1 aromatic carbocycles. The minimum absolute atomic E-state index is 0.0358. The van der Waals surface area contributed by atoms with Crippen LogP contribution in [0.5, 0.6) is 0 Å². The summed E-state index contributed by atoms with van der Waals surface area (Å²) in [4.78, 5) is 14.3. The molecule has 6 nitrogen and oxygen atoms in total. The molecule has 24 heavy (non-hydrogen) atoms. The van der Waals surface area contributed by atoms with E-state index in [4.69, 9.17) is 28.5 Å². The van der Waals surface area contributed by atoms with Crippen LogP contribution in [-0.4, -0.2) is 50.1 Å². The van der Waals surface area contributed by atoms with E-state index in [1.54, 1.807) is 18.2 Å². The first-order chi connectivity index (χ1) is 11.6. The highest BCUT2D eigenvalue weighted by Gasteiger charge is 2.12. The summed E-state index contributed by atoms with van der Waals surface area (Å²) >= 11 is 12.1. The summed E-state index contributed by atoms with van der Waals surface area (Å²) in [5, 5.41) is 18.8. The van der Waals surface area contributed by atoms with E-state index in [-0.39, 0.29) is 5.57 Å². The lowest BCUT2D eigenvalue weighted by Crippen LogP contribution is -2.46. The number of anilines is 1. The van der Waals surface area contributed by atoms with Crippen molar-refractivity contribution < 1.29 is 4.79 Å². The summed E-state index contributed by atoms with van der Waals surface area (Å²) in [7, 11) is 0. The molecule has 0 aromatic heterocycles. The van der Waals surface area contributed by atoms with Crippen LogP contribution in [0.2, 0.25) is 10.0 Å². The Morgan fingerprint density at radius 2 is 2.00 bits per heavy atom. The van der Waals surface area contributed by atoms with E-state index in [1.165, 1.54) is 6.20 Å². The number of hydrogen-bond donors (Lipinski definition) is 3.